The van der Waals surface area contributed by atoms with Crippen molar-refractivity contribution in [1.82, 2.24) is 9.80 Å². The van der Waals surface area contributed by atoms with Gasteiger partial charge >= 0.3 is 5.97 Å². The van der Waals surface area contributed by atoms with Crippen molar-refractivity contribution in [1.29, 1.82) is 0 Å². The molecule has 1 atom stereocenters. The Morgan fingerprint density at radius 3 is 2.37 bits per heavy atom. The highest BCUT2D eigenvalue weighted by molar-refractivity contribution is 5.79. The Hall–Kier alpha value is -2.15. The van der Waals surface area contributed by atoms with E-state index in [1.165, 1.54) is 25.7 Å². The van der Waals surface area contributed by atoms with Crippen LogP contribution in [0.1, 0.15) is 43.7 Å². The Kier molecular flexibility index (Phi) is 6.31. The van der Waals surface area contributed by atoms with Crippen LogP contribution in [0.15, 0.2) is 18.2 Å². The van der Waals surface area contributed by atoms with Crippen molar-refractivity contribution < 1.29 is 23.8 Å². The summed E-state index contributed by atoms with van der Waals surface area (Å²) >= 11 is 0. The molecule has 0 aromatic heterocycles. The molecule has 1 amide bonds. The maximum atomic E-state index is 14.0. The number of rotatable bonds is 5. The lowest BCUT2D eigenvalue weighted by atomic mass is 9.92. The van der Waals surface area contributed by atoms with Crippen molar-refractivity contribution in [2.24, 2.45) is 5.92 Å². The van der Waals surface area contributed by atoms with Gasteiger partial charge in [-0.25, -0.2) is 4.39 Å². The number of methoxy groups -OCH3 is 1. The van der Waals surface area contributed by atoms with Gasteiger partial charge in [-0.05, 0) is 49.8 Å². The van der Waals surface area contributed by atoms with Gasteiger partial charge in [0.2, 0.25) is 5.91 Å². The second-order valence-electron chi connectivity index (χ2n) is 7.33. The molecule has 148 valence electrons. The van der Waals surface area contributed by atoms with Gasteiger partial charge in [-0.1, -0.05) is 6.07 Å². The molecule has 0 radical (unpaired) electrons. The van der Waals surface area contributed by atoms with E-state index < -0.39 is 17.8 Å². The summed E-state index contributed by atoms with van der Waals surface area (Å²) in [7, 11) is 1.37. The molecule has 0 spiro atoms. The summed E-state index contributed by atoms with van der Waals surface area (Å²) in [5.74, 6) is -1.33. The van der Waals surface area contributed by atoms with Gasteiger partial charge in [0.15, 0.2) is 11.6 Å². The lowest BCUT2D eigenvalue weighted by Crippen LogP contribution is -2.46. The number of nitrogens with zero attached hydrogens (tertiary/aromatic N) is 2. The van der Waals surface area contributed by atoms with E-state index in [1.807, 2.05) is 9.80 Å². The molecule has 2 heterocycles. The lowest BCUT2D eigenvalue weighted by Gasteiger charge is -2.37. The van der Waals surface area contributed by atoms with Crippen molar-refractivity contribution >= 4 is 11.9 Å². The van der Waals surface area contributed by atoms with Gasteiger partial charge in [0.1, 0.15) is 6.04 Å². The molecule has 1 aromatic carbocycles. The number of carbonyl (C=O) groups is 2. The Labute approximate surface area is 158 Å². The number of ether oxygens (including phenoxy) is 1. The SMILES string of the molecule is COc1ccc([C@H](C(=O)O)N2CCC(C(=O)N3CCCCC3)CC2)cc1F. The smallest absolute Gasteiger partial charge is 0.325 e. The first-order valence-corrected chi connectivity index (χ1v) is 9.60. The average Bonchev–Trinajstić information content (AvgIpc) is 2.69. The molecule has 6 nitrogen and oxygen atoms in total. The van der Waals surface area contributed by atoms with Crippen molar-refractivity contribution in [2.45, 2.75) is 38.1 Å². The minimum absolute atomic E-state index is 0.0404. The summed E-state index contributed by atoms with van der Waals surface area (Å²) in [6.45, 7) is 2.69. The summed E-state index contributed by atoms with van der Waals surface area (Å²) in [6, 6.07) is 3.35. The number of aliphatic carboxylic acids is 1. The number of halogens is 1. The fraction of sp³-hybridized carbons (Fsp3) is 0.600. The summed E-state index contributed by atoms with van der Waals surface area (Å²) in [5, 5.41) is 9.70. The third-order valence-corrected chi connectivity index (χ3v) is 5.64. The summed E-state index contributed by atoms with van der Waals surface area (Å²) < 4.78 is 18.9. The number of piperidine rings is 2. The van der Waals surface area contributed by atoms with E-state index in [0.717, 1.165) is 25.9 Å². The highest BCUT2D eigenvalue weighted by Gasteiger charge is 2.35. The number of hydrogen-bond donors (Lipinski definition) is 1. The molecule has 2 aliphatic heterocycles. The highest BCUT2D eigenvalue weighted by atomic mass is 19.1. The van der Waals surface area contributed by atoms with Crippen LogP contribution in [0.2, 0.25) is 0 Å². The topological polar surface area (TPSA) is 70.1 Å². The Morgan fingerprint density at radius 1 is 1.15 bits per heavy atom. The fourth-order valence-electron chi connectivity index (χ4n) is 4.14. The number of carbonyl (C=O) groups excluding carboxylic acids is 1. The standard InChI is InChI=1S/C20H27FN2O4/c1-27-17-6-5-15(13-16(17)21)18(20(25)26)22-11-7-14(8-12-22)19(24)23-9-3-2-4-10-23/h5-6,13-14,18H,2-4,7-12H2,1H3,(H,25,26)/t18-/m1/s1. The molecule has 7 heteroatoms. The predicted octanol–water partition coefficient (Wildman–Crippen LogP) is 2.68. The van der Waals surface area contributed by atoms with Gasteiger partial charge in [-0.15, -0.1) is 0 Å². The van der Waals surface area contributed by atoms with Crippen LogP contribution in [-0.4, -0.2) is 60.1 Å². The summed E-state index contributed by atoms with van der Waals surface area (Å²) in [6.07, 6.45) is 4.58. The quantitative estimate of drug-likeness (QED) is 0.853. The third kappa shape index (κ3) is 4.40. The zero-order valence-corrected chi connectivity index (χ0v) is 15.7. The largest absolute Gasteiger partial charge is 0.494 e. The number of carboxylic acids is 1. The van der Waals surface area contributed by atoms with Crippen LogP contribution in [0.4, 0.5) is 4.39 Å². The Morgan fingerprint density at radius 2 is 1.81 bits per heavy atom. The van der Waals surface area contributed by atoms with E-state index >= 15 is 0 Å². The zero-order chi connectivity index (χ0) is 19.4. The van der Waals surface area contributed by atoms with Crippen LogP contribution in [0, 0.1) is 11.7 Å². The van der Waals surface area contributed by atoms with Crippen molar-refractivity contribution in [3.63, 3.8) is 0 Å². The fourth-order valence-corrected chi connectivity index (χ4v) is 4.14. The second-order valence-corrected chi connectivity index (χ2v) is 7.33. The van der Waals surface area contributed by atoms with E-state index in [2.05, 4.69) is 0 Å². The molecule has 1 N–H and O–H groups in total. The molecule has 0 bridgehead atoms. The zero-order valence-electron chi connectivity index (χ0n) is 15.7. The molecule has 1 aromatic rings. The van der Waals surface area contributed by atoms with Gasteiger partial charge in [-0.3, -0.25) is 14.5 Å². The maximum absolute atomic E-state index is 14.0. The first-order chi connectivity index (χ1) is 13.0. The molecule has 3 rings (SSSR count). The van der Waals surface area contributed by atoms with Crippen molar-refractivity contribution in [3.05, 3.63) is 29.6 Å². The van der Waals surface area contributed by atoms with Crippen LogP contribution >= 0.6 is 0 Å². The molecule has 0 unspecified atom stereocenters. The van der Waals surface area contributed by atoms with E-state index in [0.29, 0.717) is 31.5 Å². The van der Waals surface area contributed by atoms with Gasteiger partial charge in [0.05, 0.1) is 7.11 Å². The van der Waals surface area contributed by atoms with Crippen LogP contribution < -0.4 is 4.74 Å². The number of amides is 1. The number of hydrogen-bond acceptors (Lipinski definition) is 4. The van der Waals surface area contributed by atoms with Gasteiger partial charge < -0.3 is 14.7 Å². The van der Waals surface area contributed by atoms with E-state index in [-0.39, 0.29) is 17.6 Å². The lowest BCUT2D eigenvalue weighted by molar-refractivity contribution is -0.145. The monoisotopic (exact) mass is 378 g/mol. The maximum Gasteiger partial charge on any atom is 0.325 e. The molecule has 2 aliphatic rings. The van der Waals surface area contributed by atoms with Gasteiger partial charge in [0.25, 0.3) is 0 Å². The van der Waals surface area contributed by atoms with Crippen LogP contribution in [0.25, 0.3) is 0 Å². The van der Waals surface area contributed by atoms with Gasteiger partial charge in [0, 0.05) is 32.1 Å². The minimum Gasteiger partial charge on any atom is -0.494 e. The normalized spacial score (nSPS) is 20.3. The number of benzene rings is 1. The summed E-state index contributed by atoms with van der Waals surface area (Å²) in [5.41, 5.74) is 0.390. The summed E-state index contributed by atoms with van der Waals surface area (Å²) in [4.78, 5) is 28.3. The number of carboxylic acid groups (broad SMARTS) is 1. The first-order valence-electron chi connectivity index (χ1n) is 9.60. The van der Waals surface area contributed by atoms with Crippen LogP contribution in [-0.2, 0) is 9.59 Å². The molecule has 2 fully saturated rings. The number of likely N-dealkylation sites (tertiary alicyclic amines) is 2. The van der Waals surface area contributed by atoms with Gasteiger partial charge in [-0.2, -0.15) is 0 Å². The van der Waals surface area contributed by atoms with Crippen molar-refractivity contribution in [3.8, 4) is 5.75 Å². The highest BCUT2D eigenvalue weighted by Crippen LogP contribution is 2.30. The molecule has 0 saturated carbocycles. The minimum atomic E-state index is -1.01. The Balaban J connectivity index is 1.66. The molecular weight excluding hydrogens is 351 g/mol. The molecular formula is C20H27FN2O4. The second kappa shape index (κ2) is 8.69. The van der Waals surface area contributed by atoms with E-state index in [1.54, 1.807) is 6.07 Å². The molecule has 0 aliphatic carbocycles. The van der Waals surface area contributed by atoms with Crippen LogP contribution in [0.3, 0.4) is 0 Å². The molecule has 27 heavy (non-hydrogen) atoms. The van der Waals surface area contributed by atoms with Crippen molar-refractivity contribution in [2.75, 3.05) is 33.3 Å². The van der Waals surface area contributed by atoms with E-state index in [4.69, 9.17) is 4.74 Å². The predicted molar refractivity (Wildman–Crippen MR) is 98.1 cm³/mol. The average molecular weight is 378 g/mol. The Bertz CT molecular complexity index is 683. The van der Waals surface area contributed by atoms with E-state index in [9.17, 15) is 19.1 Å². The third-order valence-electron chi connectivity index (χ3n) is 5.64. The first kappa shape index (κ1) is 19.6. The molecule has 2 saturated heterocycles. The van der Waals surface area contributed by atoms with Crippen LogP contribution in [0.5, 0.6) is 5.75 Å².